The summed E-state index contributed by atoms with van der Waals surface area (Å²) < 4.78 is 10.9. The maximum Gasteiger partial charge on any atom is 0.233 e. The molecule has 0 bridgehead atoms. The molecular formula is C15H13ClN2O2S. The van der Waals surface area contributed by atoms with Crippen molar-refractivity contribution in [2.24, 2.45) is 0 Å². The number of furan rings is 1. The van der Waals surface area contributed by atoms with Gasteiger partial charge in [-0.1, -0.05) is 18.5 Å². The monoisotopic (exact) mass is 320 g/mol. The number of benzene rings is 1. The molecule has 0 atom stereocenters. The molecule has 1 aromatic carbocycles. The van der Waals surface area contributed by atoms with E-state index in [1.54, 1.807) is 13.2 Å². The van der Waals surface area contributed by atoms with Crippen molar-refractivity contribution in [1.29, 1.82) is 0 Å². The first-order valence-corrected chi connectivity index (χ1v) is 7.67. The van der Waals surface area contributed by atoms with Crippen molar-refractivity contribution in [1.82, 2.24) is 10.2 Å². The second-order valence-electron chi connectivity index (χ2n) is 4.38. The lowest BCUT2D eigenvalue weighted by Crippen LogP contribution is -1.91. The van der Waals surface area contributed by atoms with Gasteiger partial charge in [0, 0.05) is 22.0 Å². The Morgan fingerprint density at radius 2 is 2.10 bits per heavy atom. The Kier molecular flexibility index (Phi) is 4.03. The maximum atomic E-state index is 6.07. The summed E-state index contributed by atoms with van der Waals surface area (Å²) in [4.78, 5) is 0. The van der Waals surface area contributed by atoms with Crippen molar-refractivity contribution < 1.29 is 9.15 Å². The normalized spacial score (nSPS) is 11.0. The van der Waals surface area contributed by atoms with Crippen LogP contribution in [0.1, 0.15) is 12.5 Å². The fraction of sp³-hybridized carbons (Fsp3) is 0.200. The van der Waals surface area contributed by atoms with E-state index in [1.165, 1.54) is 11.8 Å². The summed E-state index contributed by atoms with van der Waals surface area (Å²) in [7, 11) is 1.56. The fourth-order valence-corrected chi connectivity index (χ4v) is 3.17. The summed E-state index contributed by atoms with van der Waals surface area (Å²) in [6, 6.07) is 9.29. The molecule has 0 saturated heterocycles. The standard InChI is InChI=1S/C15H13ClN2O2S/c1-3-10-11-8-9(16)4-5-12(11)20-15(10)21-14-7-6-13(19-2)17-18-14/h4-8H,3H2,1-2H3. The van der Waals surface area contributed by atoms with E-state index in [0.717, 1.165) is 33.1 Å². The van der Waals surface area contributed by atoms with Gasteiger partial charge in [-0.3, -0.25) is 0 Å². The molecule has 0 amide bonds. The van der Waals surface area contributed by atoms with Crippen molar-refractivity contribution in [3.63, 3.8) is 0 Å². The van der Waals surface area contributed by atoms with Crippen molar-refractivity contribution in [3.8, 4) is 5.88 Å². The van der Waals surface area contributed by atoms with Gasteiger partial charge in [-0.2, -0.15) is 0 Å². The maximum absolute atomic E-state index is 6.07. The Morgan fingerprint density at radius 1 is 1.24 bits per heavy atom. The van der Waals surface area contributed by atoms with Crippen LogP contribution in [0.5, 0.6) is 5.88 Å². The highest BCUT2D eigenvalue weighted by atomic mass is 35.5. The fourth-order valence-electron chi connectivity index (χ4n) is 2.08. The van der Waals surface area contributed by atoms with Gasteiger partial charge in [-0.05, 0) is 42.4 Å². The average molecular weight is 321 g/mol. The predicted molar refractivity (Wildman–Crippen MR) is 83.3 cm³/mol. The largest absolute Gasteiger partial charge is 0.480 e. The smallest absolute Gasteiger partial charge is 0.233 e. The topological polar surface area (TPSA) is 48.2 Å². The number of methoxy groups -OCH3 is 1. The number of hydrogen-bond acceptors (Lipinski definition) is 5. The van der Waals surface area contributed by atoms with Gasteiger partial charge in [0.05, 0.1) is 7.11 Å². The van der Waals surface area contributed by atoms with Crippen LogP contribution in [-0.2, 0) is 6.42 Å². The molecule has 0 saturated carbocycles. The third-order valence-corrected chi connectivity index (χ3v) is 4.27. The molecule has 2 aromatic heterocycles. The van der Waals surface area contributed by atoms with E-state index in [-0.39, 0.29) is 0 Å². The van der Waals surface area contributed by atoms with Crippen LogP contribution in [0.4, 0.5) is 0 Å². The zero-order chi connectivity index (χ0) is 14.8. The molecule has 0 spiro atoms. The van der Waals surface area contributed by atoms with Crippen LogP contribution in [0.2, 0.25) is 5.02 Å². The highest BCUT2D eigenvalue weighted by Gasteiger charge is 2.15. The number of hydrogen-bond donors (Lipinski definition) is 0. The number of aromatic nitrogens is 2. The Bertz CT molecular complexity index is 771. The first-order valence-electron chi connectivity index (χ1n) is 6.47. The van der Waals surface area contributed by atoms with E-state index >= 15 is 0 Å². The molecule has 108 valence electrons. The molecule has 0 radical (unpaired) electrons. The van der Waals surface area contributed by atoms with Crippen LogP contribution in [-0.4, -0.2) is 17.3 Å². The van der Waals surface area contributed by atoms with Gasteiger partial charge in [0.15, 0.2) is 5.09 Å². The van der Waals surface area contributed by atoms with Crippen LogP contribution in [0.15, 0.2) is 44.9 Å². The van der Waals surface area contributed by atoms with E-state index in [4.69, 9.17) is 20.8 Å². The Balaban J connectivity index is 1.99. The first kappa shape index (κ1) is 14.2. The third kappa shape index (κ3) is 2.84. The second-order valence-corrected chi connectivity index (χ2v) is 5.81. The van der Waals surface area contributed by atoms with E-state index in [2.05, 4.69) is 17.1 Å². The SMILES string of the molecule is CCc1c(Sc2ccc(OC)nn2)oc2ccc(Cl)cc12. The Morgan fingerprint density at radius 3 is 2.76 bits per heavy atom. The average Bonchev–Trinajstić information content (AvgIpc) is 2.84. The minimum absolute atomic E-state index is 0.492. The summed E-state index contributed by atoms with van der Waals surface area (Å²) >= 11 is 7.52. The lowest BCUT2D eigenvalue weighted by Gasteiger charge is -2.00. The molecule has 0 unspecified atom stereocenters. The van der Waals surface area contributed by atoms with Crippen molar-refractivity contribution in [3.05, 3.63) is 40.9 Å². The minimum atomic E-state index is 0.492. The molecule has 4 nitrogen and oxygen atoms in total. The molecule has 3 aromatic rings. The Labute approximate surface area is 131 Å². The number of aryl methyl sites for hydroxylation is 1. The lowest BCUT2D eigenvalue weighted by molar-refractivity contribution is 0.390. The third-order valence-electron chi connectivity index (χ3n) is 3.09. The second kappa shape index (κ2) is 5.95. The summed E-state index contributed by atoms with van der Waals surface area (Å²) in [6.45, 7) is 2.09. The zero-order valence-electron chi connectivity index (χ0n) is 11.6. The summed E-state index contributed by atoms with van der Waals surface area (Å²) in [6.07, 6.45) is 0.860. The van der Waals surface area contributed by atoms with Gasteiger partial charge in [-0.15, -0.1) is 10.2 Å². The van der Waals surface area contributed by atoms with Gasteiger partial charge in [0.25, 0.3) is 0 Å². The molecule has 0 fully saturated rings. The van der Waals surface area contributed by atoms with Gasteiger partial charge in [0.1, 0.15) is 10.6 Å². The minimum Gasteiger partial charge on any atom is -0.480 e. The summed E-state index contributed by atoms with van der Waals surface area (Å²) in [5, 5.41) is 11.4. The van der Waals surface area contributed by atoms with Gasteiger partial charge >= 0.3 is 0 Å². The lowest BCUT2D eigenvalue weighted by atomic mass is 10.1. The molecule has 6 heteroatoms. The van der Waals surface area contributed by atoms with Gasteiger partial charge in [0.2, 0.25) is 5.88 Å². The van der Waals surface area contributed by atoms with Crippen molar-refractivity contribution in [2.45, 2.75) is 23.5 Å². The molecule has 0 aliphatic rings. The van der Waals surface area contributed by atoms with Crippen LogP contribution >= 0.6 is 23.4 Å². The number of ether oxygens (including phenoxy) is 1. The van der Waals surface area contributed by atoms with E-state index in [0.29, 0.717) is 10.9 Å². The number of halogens is 1. The van der Waals surface area contributed by atoms with Crippen LogP contribution in [0.25, 0.3) is 11.0 Å². The molecule has 3 rings (SSSR count). The number of fused-ring (bicyclic) bond motifs is 1. The summed E-state index contributed by atoms with van der Waals surface area (Å²) in [5.74, 6) is 0.492. The van der Waals surface area contributed by atoms with E-state index in [1.807, 2.05) is 24.3 Å². The molecule has 0 N–H and O–H groups in total. The molecular weight excluding hydrogens is 308 g/mol. The number of rotatable bonds is 4. The predicted octanol–water partition coefficient (Wildman–Crippen LogP) is 4.60. The van der Waals surface area contributed by atoms with Gasteiger partial charge in [-0.25, -0.2) is 0 Å². The highest BCUT2D eigenvalue weighted by Crippen LogP contribution is 2.37. The quantitative estimate of drug-likeness (QED) is 0.703. The first-order chi connectivity index (χ1) is 10.2. The van der Waals surface area contributed by atoms with Crippen LogP contribution in [0.3, 0.4) is 0 Å². The summed E-state index contributed by atoms with van der Waals surface area (Å²) in [5.41, 5.74) is 1.97. The molecule has 0 aliphatic carbocycles. The Hall–Kier alpha value is -1.72. The van der Waals surface area contributed by atoms with Crippen LogP contribution < -0.4 is 4.74 Å². The molecule has 21 heavy (non-hydrogen) atoms. The van der Waals surface area contributed by atoms with Gasteiger partial charge < -0.3 is 9.15 Å². The molecule has 0 aliphatic heterocycles. The number of nitrogens with zero attached hydrogens (tertiary/aromatic N) is 2. The molecule has 2 heterocycles. The van der Waals surface area contributed by atoms with Crippen molar-refractivity contribution in [2.75, 3.05) is 7.11 Å². The van der Waals surface area contributed by atoms with Crippen LogP contribution in [0, 0.1) is 0 Å². The van der Waals surface area contributed by atoms with E-state index < -0.39 is 0 Å². The highest BCUT2D eigenvalue weighted by molar-refractivity contribution is 7.99. The zero-order valence-corrected chi connectivity index (χ0v) is 13.2. The van der Waals surface area contributed by atoms with E-state index in [9.17, 15) is 0 Å². The van der Waals surface area contributed by atoms with Crippen molar-refractivity contribution >= 4 is 34.3 Å².